The summed E-state index contributed by atoms with van der Waals surface area (Å²) in [5.74, 6) is 1.33. The molecule has 17 heavy (non-hydrogen) atoms. The van der Waals surface area contributed by atoms with Crippen molar-refractivity contribution in [2.24, 2.45) is 0 Å². The van der Waals surface area contributed by atoms with E-state index >= 15 is 0 Å². The molecule has 0 aliphatic heterocycles. The number of rotatable bonds is 8. The topological polar surface area (TPSA) is 23.5 Å². The molecule has 0 aliphatic rings. The lowest BCUT2D eigenvalue weighted by Crippen LogP contribution is -2.30. The molecule has 1 aromatic carbocycles. The number of nitrogens with zero attached hydrogens (tertiary/aromatic N) is 1. The lowest BCUT2D eigenvalue weighted by atomic mass is 10.0. The van der Waals surface area contributed by atoms with Crippen LogP contribution in [0.5, 0.6) is 0 Å². The molecule has 3 heteroatoms. The van der Waals surface area contributed by atoms with Crippen molar-refractivity contribution in [2.45, 2.75) is 19.3 Å². The molecule has 0 spiro atoms. The second-order valence-corrected chi connectivity index (χ2v) is 4.63. The summed E-state index contributed by atoms with van der Waals surface area (Å²) >= 11 is 4.46. The number of aliphatic hydroxyl groups is 1. The zero-order chi connectivity index (χ0) is 12.5. The van der Waals surface area contributed by atoms with Crippen LogP contribution in [0, 0.1) is 0 Å². The molecule has 1 atom stereocenters. The van der Waals surface area contributed by atoms with Gasteiger partial charge in [0.05, 0.1) is 0 Å². The maximum absolute atomic E-state index is 8.88. The molecule has 96 valence electrons. The van der Waals surface area contributed by atoms with Gasteiger partial charge in [-0.15, -0.1) is 0 Å². The molecule has 0 aromatic heterocycles. The molecule has 0 amide bonds. The summed E-state index contributed by atoms with van der Waals surface area (Å²) in [7, 11) is 0. The Hall–Kier alpha value is -0.510. The van der Waals surface area contributed by atoms with Crippen molar-refractivity contribution >= 4 is 12.6 Å². The highest BCUT2D eigenvalue weighted by atomic mass is 32.1. The van der Waals surface area contributed by atoms with Crippen LogP contribution >= 0.6 is 12.6 Å². The SMILES string of the molecule is CCN(CCCO)CC(CS)c1ccccc1. The van der Waals surface area contributed by atoms with Gasteiger partial charge in [0.2, 0.25) is 0 Å². The summed E-state index contributed by atoms with van der Waals surface area (Å²) in [4.78, 5) is 2.38. The van der Waals surface area contributed by atoms with E-state index in [0.717, 1.165) is 31.8 Å². The van der Waals surface area contributed by atoms with Crippen LogP contribution in [0.1, 0.15) is 24.8 Å². The van der Waals surface area contributed by atoms with Crippen LogP contribution in [0.15, 0.2) is 30.3 Å². The van der Waals surface area contributed by atoms with E-state index in [1.54, 1.807) is 0 Å². The van der Waals surface area contributed by atoms with E-state index in [4.69, 9.17) is 5.11 Å². The van der Waals surface area contributed by atoms with Crippen molar-refractivity contribution < 1.29 is 5.11 Å². The molecule has 1 N–H and O–H groups in total. The van der Waals surface area contributed by atoms with Crippen molar-refractivity contribution in [3.8, 4) is 0 Å². The van der Waals surface area contributed by atoms with Gasteiger partial charge >= 0.3 is 0 Å². The third-order valence-electron chi connectivity index (χ3n) is 3.05. The number of hydrogen-bond acceptors (Lipinski definition) is 3. The molecule has 1 unspecified atom stereocenters. The first-order chi connectivity index (χ1) is 8.31. The molecular weight excluding hydrogens is 230 g/mol. The fourth-order valence-corrected chi connectivity index (χ4v) is 2.30. The van der Waals surface area contributed by atoms with Crippen LogP contribution in [-0.2, 0) is 0 Å². The Labute approximate surface area is 110 Å². The number of benzene rings is 1. The maximum Gasteiger partial charge on any atom is 0.0443 e. The molecule has 1 aromatic rings. The summed E-state index contributed by atoms with van der Waals surface area (Å²) in [6.45, 7) is 5.44. The summed E-state index contributed by atoms with van der Waals surface area (Å²) in [5, 5.41) is 8.88. The van der Waals surface area contributed by atoms with Crippen LogP contribution in [0.4, 0.5) is 0 Å². The highest BCUT2D eigenvalue weighted by Crippen LogP contribution is 2.18. The van der Waals surface area contributed by atoms with Crippen molar-refractivity contribution in [1.82, 2.24) is 4.90 Å². The summed E-state index contributed by atoms with van der Waals surface area (Å²) in [6, 6.07) is 10.5. The van der Waals surface area contributed by atoms with Gasteiger partial charge in [-0.1, -0.05) is 37.3 Å². The molecule has 0 aliphatic carbocycles. The number of thiol groups is 1. The lowest BCUT2D eigenvalue weighted by Gasteiger charge is -2.25. The standard InChI is InChI=1S/C14H23NOS/c1-2-15(9-6-10-16)11-14(12-17)13-7-4-3-5-8-13/h3-5,7-8,14,16-17H,2,6,9-12H2,1H3. The van der Waals surface area contributed by atoms with E-state index in [0.29, 0.717) is 5.92 Å². The van der Waals surface area contributed by atoms with Gasteiger partial charge in [-0.25, -0.2) is 0 Å². The van der Waals surface area contributed by atoms with E-state index in [2.05, 4.69) is 48.7 Å². The van der Waals surface area contributed by atoms with Gasteiger partial charge < -0.3 is 10.0 Å². The van der Waals surface area contributed by atoms with E-state index in [9.17, 15) is 0 Å². The normalized spacial score (nSPS) is 12.9. The molecule has 0 heterocycles. The van der Waals surface area contributed by atoms with Gasteiger partial charge in [0.1, 0.15) is 0 Å². The monoisotopic (exact) mass is 253 g/mol. The first-order valence-electron chi connectivity index (χ1n) is 6.30. The van der Waals surface area contributed by atoms with Crippen molar-refractivity contribution in [3.63, 3.8) is 0 Å². The molecular formula is C14H23NOS. The Morgan fingerprint density at radius 2 is 2.00 bits per heavy atom. The van der Waals surface area contributed by atoms with Crippen molar-refractivity contribution in [3.05, 3.63) is 35.9 Å². The maximum atomic E-state index is 8.88. The number of hydrogen-bond donors (Lipinski definition) is 2. The zero-order valence-electron chi connectivity index (χ0n) is 10.5. The van der Waals surface area contributed by atoms with Gasteiger partial charge in [0.15, 0.2) is 0 Å². The lowest BCUT2D eigenvalue weighted by molar-refractivity contribution is 0.224. The Balaban J connectivity index is 2.56. The van der Waals surface area contributed by atoms with Gasteiger partial charge in [-0.2, -0.15) is 12.6 Å². The first-order valence-corrected chi connectivity index (χ1v) is 6.94. The minimum absolute atomic E-state index is 0.271. The van der Waals surface area contributed by atoms with Gasteiger partial charge in [-0.3, -0.25) is 0 Å². The molecule has 1 rings (SSSR count). The first kappa shape index (κ1) is 14.6. The Bertz CT molecular complexity index is 292. The second-order valence-electron chi connectivity index (χ2n) is 4.26. The van der Waals surface area contributed by atoms with E-state index < -0.39 is 0 Å². The highest BCUT2D eigenvalue weighted by molar-refractivity contribution is 7.80. The van der Waals surface area contributed by atoms with E-state index in [1.165, 1.54) is 5.56 Å². The van der Waals surface area contributed by atoms with Gasteiger partial charge in [0.25, 0.3) is 0 Å². The second kappa shape index (κ2) is 8.56. The van der Waals surface area contributed by atoms with Crippen molar-refractivity contribution in [2.75, 3.05) is 32.0 Å². The van der Waals surface area contributed by atoms with Crippen LogP contribution in [0.25, 0.3) is 0 Å². The van der Waals surface area contributed by atoms with E-state index in [-0.39, 0.29) is 6.61 Å². The molecule has 2 nitrogen and oxygen atoms in total. The van der Waals surface area contributed by atoms with Crippen LogP contribution in [0.3, 0.4) is 0 Å². The largest absolute Gasteiger partial charge is 0.396 e. The molecule has 0 bridgehead atoms. The van der Waals surface area contributed by atoms with Crippen molar-refractivity contribution in [1.29, 1.82) is 0 Å². The molecule has 0 saturated heterocycles. The number of aliphatic hydroxyl groups excluding tert-OH is 1. The molecule has 0 fully saturated rings. The average Bonchev–Trinajstić information content (AvgIpc) is 2.40. The number of likely N-dealkylation sites (N-methyl/N-ethyl adjacent to an activating group) is 1. The zero-order valence-corrected chi connectivity index (χ0v) is 11.4. The summed E-state index contributed by atoms with van der Waals surface area (Å²) in [5.41, 5.74) is 1.35. The third kappa shape index (κ3) is 5.11. The Kier molecular flexibility index (Phi) is 7.33. The minimum Gasteiger partial charge on any atom is -0.396 e. The van der Waals surface area contributed by atoms with Crippen LogP contribution in [-0.4, -0.2) is 42.0 Å². The smallest absolute Gasteiger partial charge is 0.0443 e. The summed E-state index contributed by atoms with van der Waals surface area (Å²) < 4.78 is 0. The fraction of sp³-hybridized carbons (Fsp3) is 0.571. The van der Waals surface area contributed by atoms with Crippen LogP contribution < -0.4 is 0 Å². The summed E-state index contributed by atoms with van der Waals surface area (Å²) in [6.07, 6.45) is 0.849. The van der Waals surface area contributed by atoms with E-state index in [1.807, 2.05) is 6.07 Å². The quantitative estimate of drug-likeness (QED) is 0.695. The predicted molar refractivity (Wildman–Crippen MR) is 76.9 cm³/mol. The fourth-order valence-electron chi connectivity index (χ4n) is 1.98. The molecule has 0 radical (unpaired) electrons. The Morgan fingerprint density at radius 1 is 1.29 bits per heavy atom. The van der Waals surface area contributed by atoms with Crippen LogP contribution in [0.2, 0.25) is 0 Å². The third-order valence-corrected chi connectivity index (χ3v) is 3.49. The van der Waals surface area contributed by atoms with Gasteiger partial charge in [0, 0.05) is 25.6 Å². The van der Waals surface area contributed by atoms with Gasteiger partial charge in [-0.05, 0) is 24.3 Å². The predicted octanol–water partition coefficient (Wildman–Crippen LogP) is 2.40. The Morgan fingerprint density at radius 3 is 2.53 bits per heavy atom. The average molecular weight is 253 g/mol. The minimum atomic E-state index is 0.271. The molecule has 0 saturated carbocycles. The highest BCUT2D eigenvalue weighted by Gasteiger charge is 2.13.